The molecule has 0 aliphatic heterocycles. The summed E-state index contributed by atoms with van der Waals surface area (Å²) in [5, 5.41) is 0. The zero-order chi connectivity index (χ0) is 17.6. The molecule has 0 saturated heterocycles. The normalized spacial score (nSPS) is 11.7. The molecule has 1 rings (SSSR count). The van der Waals surface area contributed by atoms with Crippen molar-refractivity contribution in [2.75, 3.05) is 26.9 Å². The van der Waals surface area contributed by atoms with Gasteiger partial charge in [-0.25, -0.2) is 9.59 Å². The first-order valence-corrected chi connectivity index (χ1v) is 7.25. The number of esters is 2. The number of ether oxygens (including phenoxy) is 4. The van der Waals surface area contributed by atoms with Crippen molar-refractivity contribution < 1.29 is 28.5 Å². The van der Waals surface area contributed by atoms with Gasteiger partial charge in [-0.05, 0) is 5.56 Å². The van der Waals surface area contributed by atoms with Gasteiger partial charge in [-0.3, -0.25) is 0 Å². The molecule has 0 spiro atoms. The van der Waals surface area contributed by atoms with Gasteiger partial charge in [0, 0.05) is 19.3 Å². The van der Waals surface area contributed by atoms with Gasteiger partial charge in [0.2, 0.25) is 0 Å². The molecule has 0 saturated carbocycles. The zero-order valence-corrected chi connectivity index (χ0v) is 13.5. The molecule has 1 aromatic rings. The van der Waals surface area contributed by atoms with E-state index in [4.69, 9.17) is 25.4 Å². The molecule has 0 amide bonds. The fourth-order valence-electron chi connectivity index (χ4n) is 1.57. The van der Waals surface area contributed by atoms with E-state index in [1.807, 2.05) is 30.3 Å². The van der Waals surface area contributed by atoms with E-state index in [-0.39, 0.29) is 26.4 Å². The lowest BCUT2D eigenvalue weighted by molar-refractivity contribution is -0.144. The Hall–Kier alpha value is -2.62. The highest BCUT2D eigenvalue weighted by molar-refractivity contribution is 5.91. The van der Waals surface area contributed by atoms with E-state index in [0.29, 0.717) is 0 Å². The average molecular weight is 332 g/mol. The molecule has 1 atom stereocenters. The van der Waals surface area contributed by atoms with Crippen LogP contribution in [0.4, 0.5) is 0 Å². The number of hydrogen-bond donors (Lipinski definition) is 0. The van der Waals surface area contributed by atoms with Gasteiger partial charge in [-0.2, -0.15) is 0 Å². The van der Waals surface area contributed by atoms with Crippen LogP contribution in [-0.4, -0.2) is 45.0 Å². The summed E-state index contributed by atoms with van der Waals surface area (Å²) < 4.78 is 20.1. The molecule has 0 aliphatic rings. The molecular formula is C18H20O6. The maximum atomic E-state index is 11.5. The summed E-state index contributed by atoms with van der Waals surface area (Å²) in [5.74, 6) is 1.02. The van der Waals surface area contributed by atoms with Crippen molar-refractivity contribution in [2.45, 2.75) is 12.7 Å². The van der Waals surface area contributed by atoms with Gasteiger partial charge in [0.25, 0.3) is 0 Å². The third-order valence-corrected chi connectivity index (χ3v) is 2.81. The van der Waals surface area contributed by atoms with Crippen LogP contribution < -0.4 is 0 Å². The van der Waals surface area contributed by atoms with Gasteiger partial charge in [0.05, 0.1) is 6.61 Å². The van der Waals surface area contributed by atoms with Gasteiger partial charge < -0.3 is 18.9 Å². The minimum Gasteiger partial charge on any atom is -0.460 e. The lowest BCUT2D eigenvalue weighted by atomic mass is 10.2. The first kappa shape index (κ1) is 19.4. The molecule has 128 valence electrons. The predicted octanol–water partition coefficient (Wildman–Crippen LogP) is 1.49. The fraction of sp³-hybridized carbons (Fsp3) is 0.333. The SMILES string of the molecule is C#CCOCC(COC(=O)/C=C/C(=O)OCc1ccccc1)OC. The molecule has 0 aromatic heterocycles. The quantitative estimate of drug-likeness (QED) is 0.280. The van der Waals surface area contributed by atoms with Crippen LogP contribution in [0.5, 0.6) is 0 Å². The molecule has 24 heavy (non-hydrogen) atoms. The molecule has 6 heteroatoms. The topological polar surface area (TPSA) is 71.1 Å². The third kappa shape index (κ3) is 8.73. The highest BCUT2D eigenvalue weighted by Crippen LogP contribution is 2.01. The fourth-order valence-corrected chi connectivity index (χ4v) is 1.57. The van der Waals surface area contributed by atoms with E-state index >= 15 is 0 Å². The number of rotatable bonds is 10. The van der Waals surface area contributed by atoms with Crippen LogP contribution in [0.15, 0.2) is 42.5 Å². The second-order valence-corrected chi connectivity index (χ2v) is 4.63. The van der Waals surface area contributed by atoms with E-state index in [9.17, 15) is 9.59 Å². The van der Waals surface area contributed by atoms with Crippen LogP contribution in [0, 0.1) is 12.3 Å². The lowest BCUT2D eigenvalue weighted by Gasteiger charge is -2.14. The van der Waals surface area contributed by atoms with Gasteiger partial charge in [-0.1, -0.05) is 36.3 Å². The van der Waals surface area contributed by atoms with Crippen LogP contribution in [-0.2, 0) is 35.1 Å². The van der Waals surface area contributed by atoms with E-state index in [1.165, 1.54) is 7.11 Å². The number of methoxy groups -OCH3 is 1. The monoisotopic (exact) mass is 332 g/mol. The Balaban J connectivity index is 2.26. The molecule has 0 radical (unpaired) electrons. The summed E-state index contributed by atoms with van der Waals surface area (Å²) in [7, 11) is 1.47. The number of benzene rings is 1. The highest BCUT2D eigenvalue weighted by Gasteiger charge is 2.10. The number of terminal acetylenes is 1. The Morgan fingerprint density at radius 3 is 2.42 bits per heavy atom. The first-order chi connectivity index (χ1) is 11.7. The molecule has 0 aliphatic carbocycles. The van der Waals surface area contributed by atoms with Crippen LogP contribution in [0.2, 0.25) is 0 Å². The second kappa shape index (κ2) is 11.9. The largest absolute Gasteiger partial charge is 0.460 e. The van der Waals surface area contributed by atoms with Gasteiger partial charge in [-0.15, -0.1) is 6.42 Å². The Morgan fingerprint density at radius 2 is 1.79 bits per heavy atom. The van der Waals surface area contributed by atoms with E-state index in [1.54, 1.807) is 0 Å². The van der Waals surface area contributed by atoms with Crippen molar-refractivity contribution in [3.63, 3.8) is 0 Å². The van der Waals surface area contributed by atoms with E-state index < -0.39 is 18.0 Å². The van der Waals surface area contributed by atoms with Crippen LogP contribution in [0.25, 0.3) is 0 Å². The van der Waals surface area contributed by atoms with Gasteiger partial charge in [0.1, 0.15) is 25.9 Å². The number of hydrogen-bond acceptors (Lipinski definition) is 6. The minimum absolute atomic E-state index is 0.0106. The van der Waals surface area contributed by atoms with Crippen molar-refractivity contribution >= 4 is 11.9 Å². The summed E-state index contributed by atoms with van der Waals surface area (Å²) in [6, 6.07) is 9.22. The lowest BCUT2D eigenvalue weighted by Crippen LogP contribution is -2.25. The van der Waals surface area contributed by atoms with E-state index in [2.05, 4.69) is 5.92 Å². The maximum Gasteiger partial charge on any atom is 0.331 e. The van der Waals surface area contributed by atoms with Crippen LogP contribution in [0.3, 0.4) is 0 Å². The maximum absolute atomic E-state index is 11.5. The molecule has 0 heterocycles. The highest BCUT2D eigenvalue weighted by atomic mass is 16.6. The standard InChI is InChI=1S/C18H20O6/c1-3-11-22-13-16(21-2)14-24-18(20)10-9-17(19)23-12-15-7-5-4-6-8-15/h1,4-10,16H,11-14H2,2H3/b10-9+. The molecule has 0 N–H and O–H groups in total. The van der Waals surface area contributed by atoms with E-state index in [0.717, 1.165) is 17.7 Å². The number of carbonyl (C=O) groups excluding carboxylic acids is 2. The number of carbonyl (C=O) groups is 2. The first-order valence-electron chi connectivity index (χ1n) is 7.25. The summed E-state index contributed by atoms with van der Waals surface area (Å²) in [6.45, 7) is 0.485. The van der Waals surface area contributed by atoms with Crippen molar-refractivity contribution in [3.05, 3.63) is 48.0 Å². The summed E-state index contributed by atoms with van der Waals surface area (Å²) in [6.07, 6.45) is 6.64. The van der Waals surface area contributed by atoms with Crippen molar-refractivity contribution in [3.8, 4) is 12.3 Å². The van der Waals surface area contributed by atoms with Gasteiger partial charge in [0.15, 0.2) is 0 Å². The summed E-state index contributed by atoms with van der Waals surface area (Å²) >= 11 is 0. The molecular weight excluding hydrogens is 312 g/mol. The Labute approximate surface area is 141 Å². The minimum atomic E-state index is -0.675. The van der Waals surface area contributed by atoms with Crippen LogP contribution >= 0.6 is 0 Å². The van der Waals surface area contributed by atoms with Gasteiger partial charge >= 0.3 is 11.9 Å². The zero-order valence-electron chi connectivity index (χ0n) is 13.5. The second-order valence-electron chi connectivity index (χ2n) is 4.63. The van der Waals surface area contributed by atoms with Crippen molar-refractivity contribution in [1.82, 2.24) is 0 Å². The Kier molecular flexibility index (Phi) is 9.62. The van der Waals surface area contributed by atoms with Crippen molar-refractivity contribution in [1.29, 1.82) is 0 Å². The average Bonchev–Trinajstić information content (AvgIpc) is 2.62. The Bertz CT molecular complexity index is 573. The molecule has 0 bridgehead atoms. The van der Waals surface area contributed by atoms with Crippen molar-refractivity contribution in [2.24, 2.45) is 0 Å². The smallest absolute Gasteiger partial charge is 0.331 e. The Morgan fingerprint density at radius 1 is 1.12 bits per heavy atom. The summed E-state index contributed by atoms with van der Waals surface area (Å²) in [5.41, 5.74) is 0.858. The summed E-state index contributed by atoms with van der Waals surface area (Å²) in [4.78, 5) is 23.0. The van der Waals surface area contributed by atoms with Crippen LogP contribution in [0.1, 0.15) is 5.56 Å². The predicted molar refractivity (Wildman–Crippen MR) is 86.8 cm³/mol. The molecule has 0 fully saturated rings. The third-order valence-electron chi connectivity index (χ3n) is 2.81. The molecule has 1 aromatic carbocycles. The molecule has 6 nitrogen and oxygen atoms in total. The molecule has 1 unspecified atom stereocenters.